The highest BCUT2D eigenvalue weighted by Gasteiger charge is 2.08. The lowest BCUT2D eigenvalue weighted by molar-refractivity contribution is 0.0946. The fourth-order valence-electron chi connectivity index (χ4n) is 1.94. The number of carbonyl (C=O) groups is 1. The summed E-state index contributed by atoms with van der Waals surface area (Å²) in [5, 5.41) is 2.74. The molecule has 2 aromatic carbocycles. The van der Waals surface area contributed by atoms with Gasteiger partial charge in [-0.25, -0.2) is 9.37 Å². The summed E-state index contributed by atoms with van der Waals surface area (Å²) < 4.78 is 12.8. The van der Waals surface area contributed by atoms with Crippen molar-refractivity contribution < 1.29 is 9.18 Å². The smallest absolute Gasteiger partial charge is 0.271 e. The average molecular weight is 281 g/mol. The Morgan fingerprint density at radius 1 is 1.05 bits per heavy atom. The molecule has 3 aromatic rings. The maximum Gasteiger partial charge on any atom is 0.271 e. The van der Waals surface area contributed by atoms with Gasteiger partial charge in [0.1, 0.15) is 11.5 Å². The molecule has 1 aromatic heterocycles. The first-order valence-electron chi connectivity index (χ1n) is 6.47. The number of fused-ring (bicyclic) bond motifs is 1. The molecule has 0 spiro atoms. The maximum absolute atomic E-state index is 12.8. The summed E-state index contributed by atoms with van der Waals surface area (Å²) in [4.78, 5) is 20.5. The highest BCUT2D eigenvalue weighted by atomic mass is 19.1. The number of amides is 1. The zero-order valence-electron chi connectivity index (χ0n) is 11.1. The van der Waals surface area contributed by atoms with E-state index in [0.29, 0.717) is 12.1 Å². The van der Waals surface area contributed by atoms with Gasteiger partial charge in [-0.05, 0) is 29.8 Å². The Balaban J connectivity index is 1.73. The first-order valence-corrected chi connectivity index (χ1v) is 6.47. The number of benzene rings is 2. The topological polar surface area (TPSA) is 54.9 Å². The molecule has 1 N–H and O–H groups in total. The van der Waals surface area contributed by atoms with E-state index in [0.717, 1.165) is 11.1 Å². The molecule has 0 radical (unpaired) electrons. The number of nitrogens with one attached hydrogen (secondary N) is 1. The van der Waals surface area contributed by atoms with Crippen molar-refractivity contribution in [2.45, 2.75) is 6.54 Å². The highest BCUT2D eigenvalue weighted by molar-refractivity contribution is 5.93. The summed E-state index contributed by atoms with van der Waals surface area (Å²) in [6.45, 7) is 0.313. The van der Waals surface area contributed by atoms with Gasteiger partial charge >= 0.3 is 0 Å². The molecule has 0 atom stereocenters. The summed E-state index contributed by atoms with van der Waals surface area (Å²) in [6.07, 6.45) is 1.45. The Morgan fingerprint density at radius 2 is 1.76 bits per heavy atom. The monoisotopic (exact) mass is 281 g/mol. The third kappa shape index (κ3) is 3.02. The van der Waals surface area contributed by atoms with Crippen LogP contribution >= 0.6 is 0 Å². The van der Waals surface area contributed by atoms with Gasteiger partial charge in [0.2, 0.25) is 0 Å². The molecular weight excluding hydrogens is 269 g/mol. The zero-order chi connectivity index (χ0) is 14.7. The first kappa shape index (κ1) is 13.2. The lowest BCUT2D eigenvalue weighted by Gasteiger charge is -2.05. The van der Waals surface area contributed by atoms with Gasteiger partial charge in [-0.15, -0.1) is 0 Å². The van der Waals surface area contributed by atoms with E-state index in [1.807, 2.05) is 18.2 Å². The quantitative estimate of drug-likeness (QED) is 0.803. The number of nitrogens with zero attached hydrogens (tertiary/aromatic N) is 2. The summed E-state index contributed by atoms with van der Waals surface area (Å²) in [7, 11) is 0. The Morgan fingerprint density at radius 3 is 2.52 bits per heavy atom. The van der Waals surface area contributed by atoms with Crippen LogP contribution < -0.4 is 5.32 Å². The summed E-state index contributed by atoms with van der Waals surface area (Å²) in [5.74, 6) is -0.608. The van der Waals surface area contributed by atoms with Gasteiger partial charge in [0.25, 0.3) is 5.91 Å². The van der Waals surface area contributed by atoms with E-state index < -0.39 is 0 Å². The first-order chi connectivity index (χ1) is 10.2. The van der Waals surface area contributed by atoms with E-state index in [-0.39, 0.29) is 17.4 Å². The van der Waals surface area contributed by atoms with Gasteiger partial charge in [-0.3, -0.25) is 9.78 Å². The Bertz CT molecular complexity index is 787. The van der Waals surface area contributed by atoms with Crippen LogP contribution in [0.4, 0.5) is 4.39 Å². The predicted molar refractivity (Wildman–Crippen MR) is 77.1 cm³/mol. The summed E-state index contributed by atoms with van der Waals surface area (Å²) in [5.41, 5.74) is 2.49. The molecule has 0 aliphatic carbocycles. The number of carbonyl (C=O) groups excluding carboxylic acids is 1. The average Bonchev–Trinajstić information content (AvgIpc) is 2.53. The van der Waals surface area contributed by atoms with E-state index in [9.17, 15) is 9.18 Å². The van der Waals surface area contributed by atoms with Crippen molar-refractivity contribution in [1.29, 1.82) is 0 Å². The molecule has 3 rings (SSSR count). The molecule has 5 heteroatoms. The van der Waals surface area contributed by atoms with Crippen molar-refractivity contribution in [3.8, 4) is 0 Å². The van der Waals surface area contributed by atoms with Crippen LogP contribution in [0.3, 0.4) is 0 Å². The molecule has 0 unspecified atom stereocenters. The fraction of sp³-hybridized carbons (Fsp3) is 0.0625. The molecule has 0 saturated heterocycles. The van der Waals surface area contributed by atoms with Crippen LogP contribution in [0, 0.1) is 5.82 Å². The molecule has 0 fully saturated rings. The molecule has 0 aliphatic rings. The van der Waals surface area contributed by atoms with Crippen LogP contribution in [0.15, 0.2) is 54.7 Å². The minimum atomic E-state index is -0.308. The SMILES string of the molecule is O=C(NCc1ccc(F)cc1)c1cnc2ccccc2n1. The van der Waals surface area contributed by atoms with Crippen LogP contribution in [0.2, 0.25) is 0 Å². The molecule has 0 saturated carbocycles. The number of hydrogen-bond donors (Lipinski definition) is 1. The van der Waals surface area contributed by atoms with Crippen molar-refractivity contribution >= 4 is 16.9 Å². The van der Waals surface area contributed by atoms with E-state index in [1.54, 1.807) is 18.2 Å². The van der Waals surface area contributed by atoms with E-state index in [1.165, 1.54) is 18.3 Å². The van der Waals surface area contributed by atoms with Crippen LogP contribution in [0.1, 0.15) is 16.1 Å². The van der Waals surface area contributed by atoms with Gasteiger partial charge in [0.05, 0.1) is 17.2 Å². The van der Waals surface area contributed by atoms with Gasteiger partial charge in [-0.1, -0.05) is 24.3 Å². The zero-order valence-corrected chi connectivity index (χ0v) is 11.1. The Kier molecular flexibility index (Phi) is 3.55. The number of halogens is 1. The van der Waals surface area contributed by atoms with Crippen molar-refractivity contribution in [2.75, 3.05) is 0 Å². The molecule has 4 nitrogen and oxygen atoms in total. The molecule has 1 amide bonds. The second-order valence-corrected chi connectivity index (χ2v) is 4.55. The van der Waals surface area contributed by atoms with Crippen LogP contribution in [0.5, 0.6) is 0 Å². The van der Waals surface area contributed by atoms with Gasteiger partial charge in [0.15, 0.2) is 0 Å². The number of hydrogen-bond acceptors (Lipinski definition) is 3. The normalized spacial score (nSPS) is 10.5. The molecule has 0 aliphatic heterocycles. The van der Waals surface area contributed by atoms with Crippen molar-refractivity contribution in [3.05, 3.63) is 71.8 Å². The maximum atomic E-state index is 12.8. The van der Waals surface area contributed by atoms with Crippen molar-refractivity contribution in [3.63, 3.8) is 0 Å². The van der Waals surface area contributed by atoms with Crippen molar-refractivity contribution in [2.24, 2.45) is 0 Å². The predicted octanol–water partition coefficient (Wildman–Crippen LogP) is 2.70. The molecule has 104 valence electrons. The highest BCUT2D eigenvalue weighted by Crippen LogP contribution is 2.08. The lowest BCUT2D eigenvalue weighted by Crippen LogP contribution is -2.24. The molecule has 1 heterocycles. The second kappa shape index (κ2) is 5.66. The van der Waals surface area contributed by atoms with E-state index >= 15 is 0 Å². The van der Waals surface area contributed by atoms with Gasteiger partial charge in [-0.2, -0.15) is 0 Å². The lowest BCUT2D eigenvalue weighted by atomic mass is 10.2. The van der Waals surface area contributed by atoms with Crippen LogP contribution in [-0.2, 0) is 6.54 Å². The van der Waals surface area contributed by atoms with Gasteiger partial charge < -0.3 is 5.32 Å². The van der Waals surface area contributed by atoms with Crippen LogP contribution in [-0.4, -0.2) is 15.9 Å². The van der Waals surface area contributed by atoms with Gasteiger partial charge in [0, 0.05) is 6.54 Å². The molecular formula is C16H12FN3O. The largest absolute Gasteiger partial charge is 0.347 e. The summed E-state index contributed by atoms with van der Waals surface area (Å²) in [6, 6.07) is 13.3. The fourth-order valence-corrected chi connectivity index (χ4v) is 1.94. The van der Waals surface area contributed by atoms with Crippen LogP contribution in [0.25, 0.3) is 11.0 Å². The molecule has 21 heavy (non-hydrogen) atoms. The minimum Gasteiger partial charge on any atom is -0.347 e. The summed E-state index contributed by atoms with van der Waals surface area (Å²) >= 11 is 0. The number of rotatable bonds is 3. The third-order valence-electron chi connectivity index (χ3n) is 3.05. The third-order valence-corrected chi connectivity index (χ3v) is 3.05. The Hall–Kier alpha value is -2.82. The van der Waals surface area contributed by atoms with E-state index in [2.05, 4.69) is 15.3 Å². The second-order valence-electron chi connectivity index (χ2n) is 4.55. The number of para-hydroxylation sites is 2. The molecule has 0 bridgehead atoms. The number of aromatic nitrogens is 2. The van der Waals surface area contributed by atoms with E-state index in [4.69, 9.17) is 0 Å². The standard InChI is InChI=1S/C16H12FN3O/c17-12-7-5-11(6-8-12)9-19-16(21)15-10-18-13-3-1-2-4-14(13)20-15/h1-8,10H,9H2,(H,19,21). The minimum absolute atomic E-state index is 0.260. The Labute approximate surface area is 120 Å². The van der Waals surface area contributed by atoms with Crippen molar-refractivity contribution in [1.82, 2.24) is 15.3 Å².